The first kappa shape index (κ1) is 36.2. The number of carbonyl (C=O) groups excluding carboxylic acids is 1. The molecule has 3 aromatic rings. The Morgan fingerprint density at radius 3 is 1.81 bits per heavy atom. The highest BCUT2D eigenvalue weighted by atomic mass is 19.4. The number of H-pyrrole nitrogens is 2. The maximum Gasteiger partial charge on any atom is 0.490 e. The summed E-state index contributed by atoms with van der Waals surface area (Å²) in [5.74, 6) is -7.77. The molecule has 0 aliphatic carbocycles. The smallest absolute Gasteiger partial charge is 0.480 e. The minimum absolute atomic E-state index is 0.0685. The topological polar surface area (TPSA) is 211 Å². The van der Waals surface area contributed by atoms with E-state index < -0.39 is 66.5 Å². The van der Waals surface area contributed by atoms with E-state index in [1.165, 1.54) is 24.7 Å². The number of aromatic nitrogens is 3. The molecule has 2 aromatic heterocycles. The number of imidazole rings is 1. The van der Waals surface area contributed by atoms with Crippen LogP contribution in [0.5, 0.6) is 0 Å². The van der Waals surface area contributed by atoms with Gasteiger partial charge in [-0.3, -0.25) is 4.79 Å². The molecule has 238 valence electrons. The largest absolute Gasteiger partial charge is 0.490 e. The highest BCUT2D eigenvalue weighted by Gasteiger charge is 2.39. The SMILES string of the molecule is N[C@@H](Cc1cnc[nH]1)C(=O)N[C@@H](Cc1c(C(F)(F)F)[nH]c2ccccc12)C(=O)O.O=C(O)C(F)(F)F.O=C(O)C(F)(F)F. The van der Waals surface area contributed by atoms with Crippen molar-refractivity contribution in [2.24, 2.45) is 5.73 Å². The Labute approximate surface area is 232 Å². The van der Waals surface area contributed by atoms with Gasteiger partial charge in [0.2, 0.25) is 5.91 Å². The molecule has 8 N–H and O–H groups in total. The number of rotatable bonds is 7. The number of aromatic amines is 2. The van der Waals surface area contributed by atoms with Crippen LogP contribution in [0.2, 0.25) is 0 Å². The van der Waals surface area contributed by atoms with Crippen LogP contribution in [0.25, 0.3) is 10.9 Å². The fraction of sp³-hybridized carbons (Fsp3) is 0.318. The van der Waals surface area contributed by atoms with Gasteiger partial charge in [0.15, 0.2) is 0 Å². The third kappa shape index (κ3) is 11.5. The number of hydrogen-bond donors (Lipinski definition) is 7. The predicted octanol–water partition coefficient (Wildman–Crippen LogP) is 2.86. The Balaban J connectivity index is 0.000000548. The van der Waals surface area contributed by atoms with Crippen LogP contribution in [0.3, 0.4) is 0 Å². The quantitative estimate of drug-likeness (QED) is 0.190. The zero-order valence-corrected chi connectivity index (χ0v) is 20.9. The molecule has 0 bridgehead atoms. The molecule has 43 heavy (non-hydrogen) atoms. The molecule has 0 aliphatic heterocycles. The number of nitrogens with zero attached hydrogens (tertiary/aromatic N) is 1. The van der Waals surface area contributed by atoms with Crippen molar-refractivity contribution in [3.63, 3.8) is 0 Å². The second-order valence-corrected chi connectivity index (χ2v) is 8.12. The van der Waals surface area contributed by atoms with Crippen LogP contribution in [-0.2, 0) is 38.2 Å². The van der Waals surface area contributed by atoms with Gasteiger partial charge in [-0.2, -0.15) is 39.5 Å². The molecule has 1 amide bonds. The number of nitrogens with two attached hydrogens (primary N) is 1. The number of carboxylic acid groups (broad SMARTS) is 3. The van der Waals surface area contributed by atoms with Crippen molar-refractivity contribution in [2.75, 3.05) is 0 Å². The second-order valence-electron chi connectivity index (χ2n) is 8.12. The van der Waals surface area contributed by atoms with Gasteiger partial charge < -0.3 is 36.3 Å². The molecule has 2 heterocycles. The number of para-hydroxylation sites is 1. The lowest BCUT2D eigenvalue weighted by molar-refractivity contribution is -0.193. The molecular formula is C22H20F9N5O7. The van der Waals surface area contributed by atoms with Crippen molar-refractivity contribution >= 4 is 34.7 Å². The second kappa shape index (κ2) is 14.4. The number of carbonyl (C=O) groups is 4. The van der Waals surface area contributed by atoms with Gasteiger partial charge in [0.25, 0.3) is 0 Å². The number of hydrogen-bond acceptors (Lipinski definition) is 6. The number of benzene rings is 1. The maximum absolute atomic E-state index is 13.4. The van der Waals surface area contributed by atoms with E-state index in [4.69, 9.17) is 25.5 Å². The predicted molar refractivity (Wildman–Crippen MR) is 124 cm³/mol. The summed E-state index contributed by atoms with van der Waals surface area (Å²) in [5.41, 5.74) is 5.30. The molecule has 0 spiro atoms. The number of alkyl halides is 9. The lowest BCUT2D eigenvalue weighted by atomic mass is 10.0. The van der Waals surface area contributed by atoms with Crippen LogP contribution in [0.15, 0.2) is 36.8 Å². The van der Waals surface area contributed by atoms with Crippen molar-refractivity contribution in [1.82, 2.24) is 20.3 Å². The highest BCUT2D eigenvalue weighted by Crippen LogP contribution is 2.36. The lowest BCUT2D eigenvalue weighted by Gasteiger charge is -2.18. The van der Waals surface area contributed by atoms with Crippen LogP contribution in [0, 0.1) is 0 Å². The fourth-order valence-electron chi connectivity index (χ4n) is 3.06. The minimum Gasteiger partial charge on any atom is -0.480 e. The summed E-state index contributed by atoms with van der Waals surface area (Å²) in [6.07, 6.45) is -12.5. The number of fused-ring (bicyclic) bond motifs is 1. The number of aliphatic carboxylic acids is 3. The van der Waals surface area contributed by atoms with Gasteiger partial charge in [0.05, 0.1) is 12.4 Å². The molecule has 0 fully saturated rings. The first-order valence-electron chi connectivity index (χ1n) is 11.1. The molecule has 0 unspecified atom stereocenters. The zero-order valence-electron chi connectivity index (χ0n) is 20.9. The first-order chi connectivity index (χ1) is 19.6. The average molecular weight is 637 g/mol. The summed E-state index contributed by atoms with van der Waals surface area (Å²) in [7, 11) is 0. The summed E-state index contributed by atoms with van der Waals surface area (Å²) >= 11 is 0. The number of nitrogens with one attached hydrogen (secondary N) is 3. The average Bonchev–Trinajstić information content (AvgIpc) is 3.51. The Bertz CT molecular complexity index is 1380. The van der Waals surface area contributed by atoms with Gasteiger partial charge in [-0.1, -0.05) is 18.2 Å². The highest BCUT2D eigenvalue weighted by molar-refractivity contribution is 5.89. The van der Waals surface area contributed by atoms with Crippen molar-refractivity contribution < 1.29 is 74.0 Å². The van der Waals surface area contributed by atoms with Gasteiger partial charge in [0, 0.05) is 35.6 Å². The van der Waals surface area contributed by atoms with Gasteiger partial charge >= 0.3 is 36.4 Å². The van der Waals surface area contributed by atoms with Crippen LogP contribution >= 0.6 is 0 Å². The Hall–Kier alpha value is -4.82. The van der Waals surface area contributed by atoms with Gasteiger partial charge in [-0.25, -0.2) is 19.4 Å². The normalized spacial score (nSPS) is 13.1. The molecule has 0 radical (unpaired) electrons. The molecule has 3 rings (SSSR count). The van der Waals surface area contributed by atoms with Crippen LogP contribution in [0.4, 0.5) is 39.5 Å². The maximum atomic E-state index is 13.4. The molecule has 0 aliphatic rings. The first-order valence-corrected chi connectivity index (χ1v) is 11.1. The minimum atomic E-state index is -5.08. The standard InChI is InChI=1S/C18H18F3N5O3.2C2HF3O2/c19-18(20,21)15-11(10-3-1-2-4-13(10)25-15)6-14(17(28)29)26-16(27)12(22)5-9-7-23-8-24-9;2*3-2(4,5)1(6)7/h1-4,7-8,12,14,25H,5-6,22H2,(H,23,24)(H,26,27)(H,28,29);2*(H,6,7)/t12-,14-;;/m0../s1. The molecular weight excluding hydrogens is 617 g/mol. The Kier molecular flexibility index (Phi) is 12.1. The Morgan fingerprint density at radius 1 is 0.884 bits per heavy atom. The van der Waals surface area contributed by atoms with E-state index >= 15 is 0 Å². The van der Waals surface area contributed by atoms with E-state index in [-0.39, 0.29) is 22.9 Å². The number of halogens is 9. The van der Waals surface area contributed by atoms with Crippen molar-refractivity contribution in [2.45, 2.75) is 43.5 Å². The van der Waals surface area contributed by atoms with Crippen molar-refractivity contribution in [1.29, 1.82) is 0 Å². The van der Waals surface area contributed by atoms with Crippen molar-refractivity contribution in [3.05, 3.63) is 53.7 Å². The molecule has 1 aromatic carbocycles. The molecule has 21 heteroatoms. The van der Waals surface area contributed by atoms with E-state index in [2.05, 4.69) is 20.3 Å². The number of amides is 1. The summed E-state index contributed by atoms with van der Waals surface area (Å²) < 4.78 is 104. The molecule has 0 saturated heterocycles. The van der Waals surface area contributed by atoms with E-state index in [0.717, 1.165) is 0 Å². The summed E-state index contributed by atoms with van der Waals surface area (Å²) in [4.78, 5) is 50.6. The van der Waals surface area contributed by atoms with E-state index in [0.29, 0.717) is 5.69 Å². The molecule has 2 atom stereocenters. The van der Waals surface area contributed by atoms with Crippen LogP contribution in [0.1, 0.15) is 17.0 Å². The van der Waals surface area contributed by atoms with E-state index in [1.54, 1.807) is 12.1 Å². The van der Waals surface area contributed by atoms with Crippen LogP contribution in [-0.4, -0.2) is 78.5 Å². The van der Waals surface area contributed by atoms with Gasteiger partial charge in [-0.05, 0) is 11.6 Å². The molecule has 0 saturated carbocycles. The Morgan fingerprint density at radius 2 is 1.40 bits per heavy atom. The van der Waals surface area contributed by atoms with Crippen molar-refractivity contribution in [3.8, 4) is 0 Å². The van der Waals surface area contributed by atoms with E-state index in [1.807, 2.05) is 0 Å². The third-order valence-corrected chi connectivity index (χ3v) is 4.94. The third-order valence-electron chi connectivity index (χ3n) is 4.94. The summed E-state index contributed by atoms with van der Waals surface area (Å²) in [6.45, 7) is 0. The fourth-order valence-corrected chi connectivity index (χ4v) is 3.06. The summed E-state index contributed by atoms with van der Waals surface area (Å²) in [5, 5.41) is 26.2. The van der Waals surface area contributed by atoms with Crippen LogP contribution < -0.4 is 11.1 Å². The van der Waals surface area contributed by atoms with Gasteiger partial charge in [0.1, 0.15) is 11.7 Å². The van der Waals surface area contributed by atoms with Gasteiger partial charge in [-0.15, -0.1) is 0 Å². The van der Waals surface area contributed by atoms with E-state index in [9.17, 15) is 54.2 Å². The monoisotopic (exact) mass is 637 g/mol. The lowest BCUT2D eigenvalue weighted by Crippen LogP contribution is -2.50. The summed E-state index contributed by atoms with van der Waals surface area (Å²) in [6, 6.07) is 3.35. The molecule has 12 nitrogen and oxygen atoms in total. The number of carboxylic acids is 3. The zero-order chi connectivity index (χ0) is 33.3.